The molecule has 1 aromatic rings. The van der Waals surface area contributed by atoms with Gasteiger partial charge in [-0.25, -0.2) is 9.97 Å². The molecule has 7 heteroatoms. The largest absolute Gasteiger partial charge is 0.367 e. The second kappa shape index (κ2) is 6.05. The van der Waals surface area contributed by atoms with E-state index in [-0.39, 0.29) is 0 Å². The predicted octanol–water partition coefficient (Wildman–Crippen LogP) is 0.428. The molecule has 0 aromatic carbocycles. The van der Waals surface area contributed by atoms with Crippen LogP contribution >= 0.6 is 0 Å². The number of hydrogen-bond acceptors (Lipinski definition) is 6. The van der Waals surface area contributed by atoms with E-state index in [2.05, 4.69) is 10.2 Å². The number of ether oxygens (including phenoxy) is 1. The Morgan fingerprint density at radius 3 is 2.87 bits per heavy atom. The molecule has 1 aromatic heterocycles. The number of morpholine rings is 1. The highest BCUT2D eigenvalue weighted by Crippen LogP contribution is 2.35. The lowest BCUT2D eigenvalue weighted by molar-refractivity contribution is -0.130. The summed E-state index contributed by atoms with van der Waals surface area (Å²) in [4.78, 5) is 23.3. The number of primary amides is 1. The van der Waals surface area contributed by atoms with Gasteiger partial charge in [-0.1, -0.05) is 12.8 Å². The standard InChI is InChI=1S/C16H23N5O2/c17-14(22)13-9-21(5-6-23-13)16-11-7-18-8-12(11)19-15(20-16)10-3-1-2-4-10/h10,13,18H,1-9H2,(H2,17,22). The number of hydrogen-bond donors (Lipinski definition) is 2. The first-order valence-corrected chi connectivity index (χ1v) is 8.48. The highest BCUT2D eigenvalue weighted by Gasteiger charge is 2.31. The number of carbonyl (C=O) groups excluding carboxylic acids is 1. The fourth-order valence-electron chi connectivity index (χ4n) is 3.81. The zero-order chi connectivity index (χ0) is 15.8. The van der Waals surface area contributed by atoms with Crippen molar-refractivity contribution in [2.45, 2.75) is 50.8 Å². The Labute approximate surface area is 135 Å². The quantitative estimate of drug-likeness (QED) is 0.839. The van der Waals surface area contributed by atoms with E-state index in [0.29, 0.717) is 19.1 Å². The third-order valence-corrected chi connectivity index (χ3v) is 5.09. The molecule has 1 saturated heterocycles. The SMILES string of the molecule is NC(=O)C1CN(c2nc(C3CCCC3)nc3c2CNC3)CCO1. The van der Waals surface area contributed by atoms with Gasteiger partial charge in [0.2, 0.25) is 5.91 Å². The molecule has 3 heterocycles. The van der Waals surface area contributed by atoms with E-state index in [4.69, 9.17) is 20.4 Å². The molecule has 3 aliphatic rings. The van der Waals surface area contributed by atoms with Gasteiger partial charge < -0.3 is 20.7 Å². The molecule has 2 fully saturated rings. The molecule has 124 valence electrons. The maximum absolute atomic E-state index is 11.5. The number of anilines is 1. The Kier molecular flexibility index (Phi) is 3.90. The Morgan fingerprint density at radius 1 is 1.26 bits per heavy atom. The van der Waals surface area contributed by atoms with Crippen LogP contribution < -0.4 is 16.0 Å². The summed E-state index contributed by atoms with van der Waals surface area (Å²) < 4.78 is 5.47. The summed E-state index contributed by atoms with van der Waals surface area (Å²) >= 11 is 0. The fraction of sp³-hybridized carbons (Fsp3) is 0.688. The van der Waals surface area contributed by atoms with E-state index in [1.807, 2.05) is 0 Å². The minimum absolute atomic E-state index is 0.408. The fourth-order valence-corrected chi connectivity index (χ4v) is 3.81. The minimum atomic E-state index is -0.557. The molecule has 0 spiro atoms. The first kappa shape index (κ1) is 14.8. The van der Waals surface area contributed by atoms with Gasteiger partial charge in [-0.3, -0.25) is 4.79 Å². The topological polar surface area (TPSA) is 93.4 Å². The van der Waals surface area contributed by atoms with Crippen LogP contribution in [0.2, 0.25) is 0 Å². The van der Waals surface area contributed by atoms with Crippen molar-refractivity contribution < 1.29 is 9.53 Å². The Bertz CT molecular complexity index is 615. The van der Waals surface area contributed by atoms with Crippen LogP contribution in [0.25, 0.3) is 0 Å². The van der Waals surface area contributed by atoms with Gasteiger partial charge in [0.1, 0.15) is 11.6 Å². The van der Waals surface area contributed by atoms with Gasteiger partial charge in [0.15, 0.2) is 6.10 Å². The van der Waals surface area contributed by atoms with Gasteiger partial charge in [-0.05, 0) is 12.8 Å². The van der Waals surface area contributed by atoms with Crippen LogP contribution in [0, 0.1) is 0 Å². The molecule has 1 unspecified atom stereocenters. The molecular weight excluding hydrogens is 294 g/mol. The second-order valence-electron chi connectivity index (χ2n) is 6.62. The smallest absolute Gasteiger partial charge is 0.248 e. The lowest BCUT2D eigenvalue weighted by Gasteiger charge is -2.33. The van der Waals surface area contributed by atoms with Gasteiger partial charge in [0.25, 0.3) is 0 Å². The van der Waals surface area contributed by atoms with Crippen LogP contribution in [0.4, 0.5) is 5.82 Å². The average Bonchev–Trinajstić information content (AvgIpc) is 3.25. The molecule has 1 aliphatic carbocycles. The molecular formula is C16H23N5O2. The molecule has 1 atom stereocenters. The van der Waals surface area contributed by atoms with Crippen molar-refractivity contribution in [3.63, 3.8) is 0 Å². The molecule has 1 saturated carbocycles. The van der Waals surface area contributed by atoms with Crippen molar-refractivity contribution >= 4 is 11.7 Å². The summed E-state index contributed by atoms with van der Waals surface area (Å²) in [6, 6.07) is 0. The van der Waals surface area contributed by atoms with Gasteiger partial charge in [0.05, 0.1) is 18.8 Å². The summed E-state index contributed by atoms with van der Waals surface area (Å²) in [5.74, 6) is 2.01. The van der Waals surface area contributed by atoms with Crippen LogP contribution in [0.5, 0.6) is 0 Å². The third-order valence-electron chi connectivity index (χ3n) is 5.09. The van der Waals surface area contributed by atoms with Crippen molar-refractivity contribution in [2.24, 2.45) is 5.73 Å². The average molecular weight is 317 g/mol. The number of nitrogens with two attached hydrogens (primary N) is 1. The number of aromatic nitrogens is 2. The van der Waals surface area contributed by atoms with Crippen molar-refractivity contribution in [3.8, 4) is 0 Å². The zero-order valence-corrected chi connectivity index (χ0v) is 13.3. The van der Waals surface area contributed by atoms with Crippen molar-refractivity contribution in [3.05, 3.63) is 17.1 Å². The van der Waals surface area contributed by atoms with Crippen LogP contribution in [-0.2, 0) is 22.6 Å². The first-order chi connectivity index (χ1) is 11.2. The lowest BCUT2D eigenvalue weighted by Crippen LogP contribution is -2.49. The van der Waals surface area contributed by atoms with Crippen LogP contribution in [0.15, 0.2) is 0 Å². The normalized spacial score (nSPS) is 24.9. The molecule has 0 radical (unpaired) electrons. The number of carbonyl (C=O) groups is 1. The Balaban J connectivity index is 1.67. The summed E-state index contributed by atoms with van der Waals surface area (Å²) in [5.41, 5.74) is 7.69. The van der Waals surface area contributed by atoms with E-state index in [1.165, 1.54) is 25.7 Å². The first-order valence-electron chi connectivity index (χ1n) is 8.48. The summed E-state index contributed by atoms with van der Waals surface area (Å²) in [6.07, 6.45) is 4.33. The summed E-state index contributed by atoms with van der Waals surface area (Å²) in [6.45, 7) is 3.29. The highest BCUT2D eigenvalue weighted by molar-refractivity contribution is 5.79. The molecule has 23 heavy (non-hydrogen) atoms. The van der Waals surface area contributed by atoms with Gasteiger partial charge in [-0.2, -0.15) is 0 Å². The number of nitrogens with one attached hydrogen (secondary N) is 1. The second-order valence-corrected chi connectivity index (χ2v) is 6.62. The monoisotopic (exact) mass is 317 g/mol. The van der Waals surface area contributed by atoms with Gasteiger partial charge in [0, 0.05) is 31.1 Å². The van der Waals surface area contributed by atoms with Gasteiger partial charge in [-0.15, -0.1) is 0 Å². The summed E-state index contributed by atoms with van der Waals surface area (Å²) in [5, 5.41) is 3.37. The van der Waals surface area contributed by atoms with Crippen molar-refractivity contribution in [2.75, 3.05) is 24.6 Å². The molecule has 0 bridgehead atoms. The number of fused-ring (bicyclic) bond motifs is 1. The maximum atomic E-state index is 11.5. The number of rotatable bonds is 3. The maximum Gasteiger partial charge on any atom is 0.248 e. The molecule has 1 amide bonds. The van der Waals surface area contributed by atoms with Crippen molar-refractivity contribution in [1.82, 2.24) is 15.3 Å². The molecule has 3 N–H and O–H groups in total. The predicted molar refractivity (Wildman–Crippen MR) is 84.9 cm³/mol. The zero-order valence-electron chi connectivity index (χ0n) is 13.3. The van der Waals surface area contributed by atoms with Crippen LogP contribution in [-0.4, -0.2) is 41.7 Å². The van der Waals surface area contributed by atoms with E-state index >= 15 is 0 Å². The van der Waals surface area contributed by atoms with E-state index in [9.17, 15) is 4.79 Å². The molecule has 2 aliphatic heterocycles. The number of nitrogens with zero attached hydrogens (tertiary/aromatic N) is 3. The van der Waals surface area contributed by atoms with E-state index in [0.717, 1.165) is 42.5 Å². The van der Waals surface area contributed by atoms with Crippen LogP contribution in [0.1, 0.15) is 48.7 Å². The molecule has 7 nitrogen and oxygen atoms in total. The van der Waals surface area contributed by atoms with Crippen molar-refractivity contribution in [1.29, 1.82) is 0 Å². The van der Waals surface area contributed by atoms with E-state index in [1.54, 1.807) is 0 Å². The minimum Gasteiger partial charge on any atom is -0.367 e. The van der Waals surface area contributed by atoms with Crippen LogP contribution in [0.3, 0.4) is 0 Å². The summed E-state index contributed by atoms with van der Waals surface area (Å²) in [7, 11) is 0. The highest BCUT2D eigenvalue weighted by atomic mass is 16.5. The number of amides is 1. The third kappa shape index (κ3) is 2.79. The lowest BCUT2D eigenvalue weighted by atomic mass is 10.1. The molecule has 4 rings (SSSR count). The Hall–Kier alpha value is -1.73. The van der Waals surface area contributed by atoms with Gasteiger partial charge >= 0.3 is 0 Å². The van der Waals surface area contributed by atoms with E-state index < -0.39 is 12.0 Å². The Morgan fingerprint density at radius 2 is 2.09 bits per heavy atom.